The van der Waals surface area contributed by atoms with Gasteiger partial charge in [-0.25, -0.2) is 0 Å². The number of nitrogens with one attached hydrogen (secondary N) is 2. The van der Waals surface area contributed by atoms with E-state index in [4.69, 9.17) is 0 Å². The third-order valence-electron chi connectivity index (χ3n) is 3.32. The van der Waals surface area contributed by atoms with Gasteiger partial charge in [-0.15, -0.1) is 0 Å². The first-order chi connectivity index (χ1) is 7.13. The highest BCUT2D eigenvalue weighted by Crippen LogP contribution is 2.20. The molecule has 0 aromatic rings. The summed E-state index contributed by atoms with van der Waals surface area (Å²) in [5.41, 5.74) is 0. The van der Waals surface area contributed by atoms with Crippen molar-refractivity contribution in [2.45, 2.75) is 58.2 Å². The highest BCUT2D eigenvalue weighted by atomic mass is 16.3. The van der Waals surface area contributed by atoms with Crippen molar-refractivity contribution in [3.05, 3.63) is 0 Å². The largest absolute Gasteiger partial charge is 0.390 e. The minimum atomic E-state index is -0.248. The summed E-state index contributed by atoms with van der Waals surface area (Å²) in [6, 6.07) is 0.736. The Morgan fingerprint density at radius 1 is 1.47 bits per heavy atom. The second-order valence-electron chi connectivity index (χ2n) is 4.99. The van der Waals surface area contributed by atoms with Gasteiger partial charge >= 0.3 is 0 Å². The van der Waals surface area contributed by atoms with E-state index in [1.165, 1.54) is 12.8 Å². The quantitative estimate of drug-likeness (QED) is 0.643. The second-order valence-corrected chi connectivity index (χ2v) is 4.99. The van der Waals surface area contributed by atoms with Crippen LogP contribution in [-0.4, -0.2) is 36.4 Å². The Kier molecular flexibility index (Phi) is 5.58. The fraction of sp³-hybridized carbons (Fsp3) is 1.00. The van der Waals surface area contributed by atoms with E-state index < -0.39 is 0 Å². The minimum Gasteiger partial charge on any atom is -0.390 e. The first kappa shape index (κ1) is 12.9. The molecule has 0 saturated carbocycles. The van der Waals surface area contributed by atoms with Crippen molar-refractivity contribution in [3.8, 4) is 0 Å². The fourth-order valence-corrected chi connectivity index (χ4v) is 2.20. The summed E-state index contributed by atoms with van der Waals surface area (Å²) in [5, 5.41) is 16.7. The average Bonchev–Trinajstić information content (AvgIpc) is 2.26. The fourth-order valence-electron chi connectivity index (χ4n) is 2.20. The number of aliphatic hydroxyl groups is 1. The van der Waals surface area contributed by atoms with E-state index in [1.807, 2.05) is 0 Å². The van der Waals surface area contributed by atoms with Crippen LogP contribution in [0.2, 0.25) is 0 Å². The molecule has 3 atom stereocenters. The van der Waals surface area contributed by atoms with Crippen molar-refractivity contribution in [2.24, 2.45) is 5.92 Å². The summed E-state index contributed by atoms with van der Waals surface area (Å²) in [7, 11) is 0. The molecule has 3 N–H and O–H groups in total. The highest BCUT2D eigenvalue weighted by molar-refractivity contribution is 4.84. The van der Waals surface area contributed by atoms with Crippen LogP contribution in [0.5, 0.6) is 0 Å². The molecule has 1 rings (SSSR count). The van der Waals surface area contributed by atoms with Crippen LogP contribution in [0.3, 0.4) is 0 Å². The normalized spacial score (nSPS) is 29.4. The Morgan fingerprint density at radius 3 is 2.80 bits per heavy atom. The average molecular weight is 214 g/mol. The van der Waals surface area contributed by atoms with E-state index in [1.54, 1.807) is 0 Å². The maximum atomic E-state index is 10.0. The van der Waals surface area contributed by atoms with Crippen LogP contribution in [-0.2, 0) is 0 Å². The Labute approximate surface area is 93.6 Å². The molecule has 1 aliphatic rings. The van der Waals surface area contributed by atoms with Crippen LogP contribution in [0, 0.1) is 5.92 Å². The van der Waals surface area contributed by atoms with Crippen LogP contribution in [0.15, 0.2) is 0 Å². The summed E-state index contributed by atoms with van der Waals surface area (Å²) in [6.07, 6.45) is 3.37. The summed E-state index contributed by atoms with van der Waals surface area (Å²) in [6.45, 7) is 8.21. The molecule has 3 unspecified atom stereocenters. The lowest BCUT2D eigenvalue weighted by Gasteiger charge is -2.33. The number of piperidine rings is 1. The lowest BCUT2D eigenvalue weighted by molar-refractivity contribution is 0.0949. The van der Waals surface area contributed by atoms with Gasteiger partial charge in [0.05, 0.1) is 6.10 Å². The van der Waals surface area contributed by atoms with Crippen LogP contribution < -0.4 is 10.6 Å². The Morgan fingerprint density at radius 2 is 2.20 bits per heavy atom. The van der Waals surface area contributed by atoms with E-state index in [0.29, 0.717) is 12.6 Å². The standard InChI is InChI=1S/C12H26N2O/c1-4-10-5-6-13-11(7-10)12(15)8-14-9(2)3/h9-15H,4-8H2,1-3H3. The predicted octanol–water partition coefficient (Wildman–Crippen LogP) is 1.12. The van der Waals surface area contributed by atoms with Crippen molar-refractivity contribution in [3.63, 3.8) is 0 Å². The molecule has 1 heterocycles. The number of aliphatic hydroxyl groups excluding tert-OH is 1. The molecule has 0 amide bonds. The minimum absolute atomic E-state index is 0.248. The van der Waals surface area contributed by atoms with Crippen LogP contribution in [0.4, 0.5) is 0 Å². The molecule has 0 spiro atoms. The third-order valence-corrected chi connectivity index (χ3v) is 3.32. The van der Waals surface area contributed by atoms with Gasteiger partial charge in [0.2, 0.25) is 0 Å². The molecule has 0 radical (unpaired) electrons. The zero-order valence-corrected chi connectivity index (χ0v) is 10.3. The van der Waals surface area contributed by atoms with Gasteiger partial charge in [-0.1, -0.05) is 27.2 Å². The lowest BCUT2D eigenvalue weighted by Crippen LogP contribution is -2.50. The number of hydrogen-bond donors (Lipinski definition) is 3. The zero-order valence-electron chi connectivity index (χ0n) is 10.3. The third kappa shape index (κ3) is 4.49. The van der Waals surface area contributed by atoms with Crippen molar-refractivity contribution in [2.75, 3.05) is 13.1 Å². The summed E-state index contributed by atoms with van der Waals surface area (Å²) in [4.78, 5) is 0. The van der Waals surface area contributed by atoms with E-state index in [-0.39, 0.29) is 12.1 Å². The first-order valence-corrected chi connectivity index (χ1v) is 6.28. The molecule has 0 aliphatic carbocycles. The summed E-state index contributed by atoms with van der Waals surface area (Å²) >= 11 is 0. The van der Waals surface area contributed by atoms with Gasteiger partial charge in [-0.2, -0.15) is 0 Å². The maximum absolute atomic E-state index is 10.0. The van der Waals surface area contributed by atoms with Crippen molar-refractivity contribution in [1.29, 1.82) is 0 Å². The van der Waals surface area contributed by atoms with Gasteiger partial charge < -0.3 is 15.7 Å². The first-order valence-electron chi connectivity index (χ1n) is 6.28. The van der Waals surface area contributed by atoms with Gasteiger partial charge in [0.25, 0.3) is 0 Å². The van der Waals surface area contributed by atoms with Crippen LogP contribution in [0.25, 0.3) is 0 Å². The maximum Gasteiger partial charge on any atom is 0.0817 e. The molecule has 90 valence electrons. The topological polar surface area (TPSA) is 44.3 Å². The molecule has 3 heteroatoms. The van der Waals surface area contributed by atoms with Gasteiger partial charge in [0, 0.05) is 18.6 Å². The molecule has 0 aromatic carbocycles. The Hall–Kier alpha value is -0.120. The Balaban J connectivity index is 2.28. The van der Waals surface area contributed by atoms with E-state index in [9.17, 15) is 5.11 Å². The molecule has 1 saturated heterocycles. The molecule has 1 aliphatic heterocycles. The molecule has 15 heavy (non-hydrogen) atoms. The predicted molar refractivity (Wildman–Crippen MR) is 64.0 cm³/mol. The summed E-state index contributed by atoms with van der Waals surface area (Å²) < 4.78 is 0. The van der Waals surface area contributed by atoms with Gasteiger partial charge in [-0.3, -0.25) is 0 Å². The number of hydrogen-bond acceptors (Lipinski definition) is 3. The Bertz CT molecular complexity index is 173. The smallest absolute Gasteiger partial charge is 0.0817 e. The molecule has 0 aromatic heterocycles. The summed E-state index contributed by atoms with van der Waals surface area (Å²) in [5.74, 6) is 0.796. The molecule has 3 nitrogen and oxygen atoms in total. The molecular formula is C12H26N2O. The van der Waals surface area contributed by atoms with Gasteiger partial charge in [0.15, 0.2) is 0 Å². The van der Waals surface area contributed by atoms with Crippen LogP contribution in [0.1, 0.15) is 40.0 Å². The lowest BCUT2D eigenvalue weighted by atomic mass is 9.88. The number of rotatable bonds is 5. The van der Waals surface area contributed by atoms with E-state index >= 15 is 0 Å². The molecular weight excluding hydrogens is 188 g/mol. The van der Waals surface area contributed by atoms with Crippen molar-refractivity contribution < 1.29 is 5.11 Å². The zero-order chi connectivity index (χ0) is 11.3. The van der Waals surface area contributed by atoms with E-state index in [0.717, 1.165) is 18.9 Å². The second kappa shape index (κ2) is 6.46. The van der Waals surface area contributed by atoms with Crippen LogP contribution >= 0.6 is 0 Å². The SMILES string of the molecule is CCC1CCNC(C(O)CNC(C)C)C1. The molecule has 1 fully saturated rings. The van der Waals surface area contributed by atoms with Crippen molar-refractivity contribution in [1.82, 2.24) is 10.6 Å². The van der Waals surface area contributed by atoms with Gasteiger partial charge in [-0.05, 0) is 25.3 Å². The molecule has 0 bridgehead atoms. The monoisotopic (exact) mass is 214 g/mol. The highest BCUT2D eigenvalue weighted by Gasteiger charge is 2.25. The van der Waals surface area contributed by atoms with E-state index in [2.05, 4.69) is 31.4 Å². The van der Waals surface area contributed by atoms with Crippen molar-refractivity contribution >= 4 is 0 Å². The van der Waals surface area contributed by atoms with Gasteiger partial charge in [0.1, 0.15) is 0 Å².